The van der Waals surface area contributed by atoms with Crippen molar-refractivity contribution in [2.75, 3.05) is 37.3 Å². The molecule has 0 atom stereocenters. The normalized spacial score (nSPS) is 16.4. The molecule has 8 heteroatoms. The first-order valence-electron chi connectivity index (χ1n) is 8.12. The molecule has 0 saturated carbocycles. The van der Waals surface area contributed by atoms with Crippen molar-refractivity contribution in [3.63, 3.8) is 0 Å². The predicted octanol–water partition coefficient (Wildman–Crippen LogP) is 1.71. The van der Waals surface area contributed by atoms with Gasteiger partial charge in [0.2, 0.25) is 10.0 Å². The third-order valence-electron chi connectivity index (χ3n) is 4.44. The summed E-state index contributed by atoms with van der Waals surface area (Å²) in [5, 5.41) is 0. The van der Waals surface area contributed by atoms with Crippen molar-refractivity contribution < 1.29 is 8.42 Å². The van der Waals surface area contributed by atoms with Crippen LogP contribution in [0.4, 0.5) is 5.82 Å². The topological polar surface area (TPSA) is 82.2 Å². The Hall–Kier alpha value is -2.45. The molecule has 7 nitrogen and oxygen atoms in total. The molecule has 1 aromatic carbocycles. The highest BCUT2D eigenvalue weighted by atomic mass is 32.2. The Labute approximate surface area is 146 Å². The largest absolute Gasteiger partial charge is 0.354 e. The van der Waals surface area contributed by atoms with E-state index < -0.39 is 10.0 Å². The number of imidazole rings is 1. The summed E-state index contributed by atoms with van der Waals surface area (Å²) in [4.78, 5) is 14.5. The fourth-order valence-electron chi connectivity index (χ4n) is 3.08. The lowest BCUT2D eigenvalue weighted by molar-refractivity contribution is 0.387. The zero-order valence-electron chi connectivity index (χ0n) is 13.9. The lowest BCUT2D eigenvalue weighted by Gasteiger charge is -2.34. The SMILES string of the molecule is CS(=O)(=O)N1CCN(c2cc(-c3nc4ccccc4[nH]3)ccn2)CC1. The first kappa shape index (κ1) is 16.0. The molecule has 0 bridgehead atoms. The number of H-pyrrole nitrogens is 1. The first-order valence-corrected chi connectivity index (χ1v) is 9.97. The standard InChI is InChI=1S/C17H19N5O2S/c1-25(23,24)22-10-8-21(9-11-22)16-12-13(6-7-18-16)17-19-14-4-2-3-5-15(14)20-17/h2-7,12H,8-11H2,1H3,(H,19,20). The van der Waals surface area contributed by atoms with Gasteiger partial charge in [-0.1, -0.05) is 12.1 Å². The van der Waals surface area contributed by atoms with Crippen LogP contribution < -0.4 is 4.90 Å². The van der Waals surface area contributed by atoms with Gasteiger partial charge < -0.3 is 9.88 Å². The Morgan fingerprint density at radius 1 is 1.08 bits per heavy atom. The molecule has 2 aromatic heterocycles. The second kappa shape index (κ2) is 6.12. The molecule has 130 valence electrons. The van der Waals surface area contributed by atoms with E-state index in [0.29, 0.717) is 26.2 Å². The number of aromatic nitrogens is 3. The highest BCUT2D eigenvalue weighted by Crippen LogP contribution is 2.24. The van der Waals surface area contributed by atoms with Crippen LogP contribution in [0.2, 0.25) is 0 Å². The van der Waals surface area contributed by atoms with E-state index in [1.54, 1.807) is 6.20 Å². The summed E-state index contributed by atoms with van der Waals surface area (Å²) in [7, 11) is -3.13. The zero-order valence-corrected chi connectivity index (χ0v) is 14.7. The number of para-hydroxylation sites is 2. The minimum atomic E-state index is -3.13. The Bertz CT molecular complexity index is 974. The molecule has 0 radical (unpaired) electrons. The molecule has 25 heavy (non-hydrogen) atoms. The van der Waals surface area contributed by atoms with E-state index in [1.165, 1.54) is 10.6 Å². The van der Waals surface area contributed by atoms with E-state index in [4.69, 9.17) is 0 Å². The molecule has 3 aromatic rings. The van der Waals surface area contributed by atoms with Crippen molar-refractivity contribution in [1.29, 1.82) is 0 Å². The second-order valence-corrected chi connectivity index (χ2v) is 8.14. The zero-order chi connectivity index (χ0) is 17.4. The summed E-state index contributed by atoms with van der Waals surface area (Å²) in [6.07, 6.45) is 3.02. The molecular formula is C17H19N5O2S. The quantitative estimate of drug-likeness (QED) is 0.772. The van der Waals surface area contributed by atoms with Crippen LogP contribution in [-0.2, 0) is 10.0 Å². The van der Waals surface area contributed by atoms with Gasteiger partial charge in [-0.2, -0.15) is 4.31 Å². The monoisotopic (exact) mass is 357 g/mol. The third-order valence-corrected chi connectivity index (χ3v) is 5.74. The van der Waals surface area contributed by atoms with Gasteiger partial charge in [0.05, 0.1) is 17.3 Å². The number of nitrogens with zero attached hydrogens (tertiary/aromatic N) is 4. The number of hydrogen-bond acceptors (Lipinski definition) is 5. The Morgan fingerprint density at radius 3 is 2.56 bits per heavy atom. The van der Waals surface area contributed by atoms with Crippen molar-refractivity contribution in [2.24, 2.45) is 0 Å². The fraction of sp³-hybridized carbons (Fsp3) is 0.294. The van der Waals surface area contributed by atoms with Crippen molar-refractivity contribution in [3.8, 4) is 11.4 Å². The van der Waals surface area contributed by atoms with Gasteiger partial charge in [-0.05, 0) is 24.3 Å². The molecular weight excluding hydrogens is 338 g/mol. The average molecular weight is 357 g/mol. The Morgan fingerprint density at radius 2 is 1.84 bits per heavy atom. The van der Waals surface area contributed by atoms with Crippen molar-refractivity contribution in [2.45, 2.75) is 0 Å². The highest BCUT2D eigenvalue weighted by Gasteiger charge is 2.24. The predicted molar refractivity (Wildman–Crippen MR) is 98.0 cm³/mol. The number of anilines is 1. The number of fused-ring (bicyclic) bond motifs is 1. The van der Waals surface area contributed by atoms with Gasteiger partial charge in [0.15, 0.2) is 0 Å². The van der Waals surface area contributed by atoms with Gasteiger partial charge in [-0.25, -0.2) is 18.4 Å². The van der Waals surface area contributed by atoms with E-state index in [0.717, 1.165) is 28.2 Å². The lowest BCUT2D eigenvalue weighted by atomic mass is 10.2. The number of pyridine rings is 1. The molecule has 0 aliphatic carbocycles. The van der Waals surface area contributed by atoms with Gasteiger partial charge in [-0.15, -0.1) is 0 Å². The molecule has 4 rings (SSSR count). The summed E-state index contributed by atoms with van der Waals surface area (Å²) in [5.41, 5.74) is 2.89. The van der Waals surface area contributed by atoms with E-state index in [-0.39, 0.29) is 0 Å². The van der Waals surface area contributed by atoms with Gasteiger partial charge >= 0.3 is 0 Å². The maximum Gasteiger partial charge on any atom is 0.211 e. The van der Waals surface area contributed by atoms with Crippen LogP contribution in [0.25, 0.3) is 22.4 Å². The van der Waals surface area contributed by atoms with Gasteiger partial charge in [-0.3, -0.25) is 0 Å². The fourth-order valence-corrected chi connectivity index (χ4v) is 3.90. The highest BCUT2D eigenvalue weighted by molar-refractivity contribution is 7.88. The van der Waals surface area contributed by atoms with Crippen LogP contribution in [0, 0.1) is 0 Å². The van der Waals surface area contributed by atoms with Crippen LogP contribution in [0.5, 0.6) is 0 Å². The minimum Gasteiger partial charge on any atom is -0.354 e. The van der Waals surface area contributed by atoms with Gasteiger partial charge in [0, 0.05) is 37.9 Å². The molecule has 1 saturated heterocycles. The minimum absolute atomic E-state index is 0.482. The third kappa shape index (κ3) is 3.22. The lowest BCUT2D eigenvalue weighted by Crippen LogP contribution is -2.48. The molecule has 1 N–H and O–H groups in total. The first-order chi connectivity index (χ1) is 12.0. The maximum absolute atomic E-state index is 11.6. The summed E-state index contributed by atoms with van der Waals surface area (Å²) in [5.74, 6) is 1.64. The van der Waals surface area contributed by atoms with Crippen LogP contribution in [0.3, 0.4) is 0 Å². The van der Waals surface area contributed by atoms with E-state index in [9.17, 15) is 8.42 Å². The van der Waals surface area contributed by atoms with Gasteiger partial charge in [0.25, 0.3) is 0 Å². The number of aromatic amines is 1. The number of rotatable bonds is 3. The van der Waals surface area contributed by atoms with Crippen molar-refractivity contribution in [3.05, 3.63) is 42.6 Å². The molecule has 1 aliphatic heterocycles. The smallest absolute Gasteiger partial charge is 0.211 e. The number of nitrogens with one attached hydrogen (secondary N) is 1. The number of sulfonamides is 1. The molecule has 0 spiro atoms. The molecule has 0 amide bonds. The van der Waals surface area contributed by atoms with Crippen LogP contribution in [-0.4, -0.2) is 60.1 Å². The van der Waals surface area contributed by atoms with Crippen LogP contribution in [0.1, 0.15) is 0 Å². The van der Waals surface area contributed by atoms with Crippen molar-refractivity contribution >= 4 is 26.9 Å². The van der Waals surface area contributed by atoms with Crippen LogP contribution >= 0.6 is 0 Å². The van der Waals surface area contributed by atoms with E-state index in [2.05, 4.69) is 19.9 Å². The number of piperazine rings is 1. The summed E-state index contributed by atoms with van der Waals surface area (Å²) < 4.78 is 24.8. The summed E-state index contributed by atoms with van der Waals surface area (Å²) in [6, 6.07) is 11.8. The van der Waals surface area contributed by atoms with Crippen LogP contribution in [0.15, 0.2) is 42.6 Å². The molecule has 3 heterocycles. The maximum atomic E-state index is 11.6. The van der Waals surface area contributed by atoms with Gasteiger partial charge in [0.1, 0.15) is 11.6 Å². The Kier molecular flexibility index (Phi) is 3.93. The molecule has 1 aliphatic rings. The molecule has 1 fully saturated rings. The second-order valence-electron chi connectivity index (χ2n) is 6.15. The number of benzene rings is 1. The average Bonchev–Trinajstić information content (AvgIpc) is 3.05. The van der Waals surface area contributed by atoms with E-state index in [1.807, 2.05) is 36.4 Å². The Balaban J connectivity index is 1.58. The summed E-state index contributed by atoms with van der Waals surface area (Å²) >= 11 is 0. The van der Waals surface area contributed by atoms with E-state index >= 15 is 0 Å². The summed E-state index contributed by atoms with van der Waals surface area (Å²) in [6.45, 7) is 2.22. The van der Waals surface area contributed by atoms with Crippen molar-refractivity contribution in [1.82, 2.24) is 19.3 Å². The number of hydrogen-bond donors (Lipinski definition) is 1. The molecule has 0 unspecified atom stereocenters.